The fraction of sp³-hybridized carbons (Fsp3) is 0.480. The van der Waals surface area contributed by atoms with E-state index in [9.17, 15) is 9.90 Å². The molecule has 0 amide bonds. The fourth-order valence-electron chi connectivity index (χ4n) is 3.72. The number of hydrogen-bond acceptors (Lipinski definition) is 5. The Morgan fingerprint density at radius 3 is 2.26 bits per heavy atom. The van der Waals surface area contributed by atoms with Crippen LogP contribution in [0.1, 0.15) is 66.0 Å². The molecule has 0 unspecified atom stereocenters. The van der Waals surface area contributed by atoms with Crippen LogP contribution in [0.5, 0.6) is 5.75 Å². The van der Waals surface area contributed by atoms with Crippen molar-refractivity contribution in [3.8, 4) is 17.0 Å². The monoisotopic (exact) mass is 423 g/mol. The van der Waals surface area contributed by atoms with Gasteiger partial charge >= 0.3 is 5.97 Å². The molecule has 2 heterocycles. The number of aryl methyl sites for hydroxylation is 1. The van der Waals surface area contributed by atoms with E-state index in [2.05, 4.69) is 46.5 Å². The number of rotatable bonds is 5. The van der Waals surface area contributed by atoms with Gasteiger partial charge < -0.3 is 9.84 Å². The van der Waals surface area contributed by atoms with Crippen molar-refractivity contribution in [1.29, 1.82) is 0 Å². The third-order valence-electron chi connectivity index (χ3n) is 5.34. The summed E-state index contributed by atoms with van der Waals surface area (Å²) in [4.78, 5) is 16.4. The lowest BCUT2D eigenvalue weighted by Gasteiger charge is -2.28. The molecule has 2 aromatic heterocycles. The number of carbonyl (C=O) groups excluding carboxylic acids is 1. The zero-order valence-electron chi connectivity index (χ0n) is 19.6. The summed E-state index contributed by atoms with van der Waals surface area (Å²) in [5, 5.41) is 16.8. The Morgan fingerprint density at radius 1 is 1.10 bits per heavy atom. The molecule has 3 aromatic rings. The maximum absolute atomic E-state index is 11.9. The number of hydrogen-bond donors (Lipinski definition) is 1. The Bertz CT molecular complexity index is 1070. The molecule has 0 spiro atoms. The zero-order valence-corrected chi connectivity index (χ0v) is 19.6. The molecule has 166 valence electrons. The van der Waals surface area contributed by atoms with Crippen molar-refractivity contribution in [3.05, 3.63) is 41.6 Å². The summed E-state index contributed by atoms with van der Waals surface area (Å²) in [6.45, 7) is 15.1. The first-order chi connectivity index (χ1) is 14.4. The van der Waals surface area contributed by atoms with Gasteiger partial charge in [-0.2, -0.15) is 5.10 Å². The average molecular weight is 424 g/mol. The molecule has 0 aliphatic rings. The van der Waals surface area contributed by atoms with Crippen molar-refractivity contribution in [2.75, 3.05) is 6.61 Å². The Kier molecular flexibility index (Phi) is 6.12. The van der Waals surface area contributed by atoms with Crippen molar-refractivity contribution in [2.24, 2.45) is 0 Å². The minimum Gasteiger partial charge on any atom is -0.507 e. The van der Waals surface area contributed by atoms with Gasteiger partial charge in [-0.1, -0.05) is 41.5 Å². The first kappa shape index (κ1) is 22.8. The SMILES string of the molecule is CCOC(=O)CCn1nc(-c2cc(C(C)(C)C)c(O)c(C(C)(C)C)c2)c2cccnc21. The maximum atomic E-state index is 11.9. The number of aromatic nitrogens is 3. The number of ether oxygens (including phenoxy) is 1. The van der Waals surface area contributed by atoms with E-state index >= 15 is 0 Å². The van der Waals surface area contributed by atoms with Gasteiger partial charge in [0.2, 0.25) is 0 Å². The fourth-order valence-corrected chi connectivity index (χ4v) is 3.72. The molecule has 6 heteroatoms. The number of nitrogens with zero attached hydrogens (tertiary/aromatic N) is 3. The number of esters is 1. The standard InChI is InChI=1S/C25H33N3O3/c1-8-31-20(29)11-13-28-23-17(10-9-12-26-23)21(27-28)16-14-18(24(2,3)4)22(30)19(15-16)25(5,6)7/h9-10,12,14-15,30H,8,11,13H2,1-7H3. The molecular formula is C25H33N3O3. The second-order valence-corrected chi connectivity index (χ2v) is 9.92. The van der Waals surface area contributed by atoms with E-state index in [-0.39, 0.29) is 23.2 Å². The van der Waals surface area contributed by atoms with Crippen LogP contribution >= 0.6 is 0 Å². The van der Waals surface area contributed by atoms with Gasteiger partial charge in [0.15, 0.2) is 5.65 Å². The van der Waals surface area contributed by atoms with Crippen LogP contribution in [0, 0.1) is 0 Å². The summed E-state index contributed by atoms with van der Waals surface area (Å²) in [5.74, 6) is 0.0891. The quantitative estimate of drug-likeness (QED) is 0.560. The van der Waals surface area contributed by atoms with E-state index in [0.717, 1.165) is 33.4 Å². The third kappa shape index (κ3) is 4.73. The average Bonchev–Trinajstić information content (AvgIpc) is 3.04. The van der Waals surface area contributed by atoms with Crippen LogP contribution in [0.3, 0.4) is 0 Å². The van der Waals surface area contributed by atoms with Gasteiger partial charge in [-0.3, -0.25) is 4.79 Å². The number of carbonyl (C=O) groups is 1. The number of pyridine rings is 1. The lowest BCUT2D eigenvalue weighted by Crippen LogP contribution is -2.17. The molecule has 0 aliphatic heterocycles. The second kappa shape index (κ2) is 8.33. The van der Waals surface area contributed by atoms with Crippen LogP contribution < -0.4 is 0 Å². The summed E-state index contributed by atoms with van der Waals surface area (Å²) < 4.78 is 6.82. The number of fused-ring (bicyclic) bond motifs is 1. The number of phenolic OH excluding ortho intramolecular Hbond substituents is 1. The Hall–Kier alpha value is -2.89. The molecule has 31 heavy (non-hydrogen) atoms. The highest BCUT2D eigenvalue weighted by molar-refractivity contribution is 5.91. The van der Waals surface area contributed by atoms with E-state index in [1.807, 2.05) is 24.3 Å². The molecule has 1 aromatic carbocycles. The van der Waals surface area contributed by atoms with Crippen LogP contribution in [0.25, 0.3) is 22.3 Å². The highest BCUT2D eigenvalue weighted by Crippen LogP contribution is 2.42. The van der Waals surface area contributed by atoms with Crippen LogP contribution in [0.15, 0.2) is 30.5 Å². The largest absolute Gasteiger partial charge is 0.507 e. The zero-order chi connectivity index (χ0) is 23.0. The highest BCUT2D eigenvalue weighted by Gasteiger charge is 2.28. The topological polar surface area (TPSA) is 77.2 Å². The molecule has 0 saturated heterocycles. The Morgan fingerprint density at radius 2 is 1.71 bits per heavy atom. The van der Waals surface area contributed by atoms with Gasteiger partial charge in [0.1, 0.15) is 11.4 Å². The van der Waals surface area contributed by atoms with E-state index < -0.39 is 0 Å². The molecule has 6 nitrogen and oxygen atoms in total. The molecule has 3 rings (SSSR count). The molecule has 0 aliphatic carbocycles. The predicted octanol–water partition coefficient (Wildman–Crippen LogP) is 5.35. The predicted molar refractivity (Wildman–Crippen MR) is 123 cm³/mol. The minimum absolute atomic E-state index is 0.233. The van der Waals surface area contributed by atoms with Crippen LogP contribution in [0.4, 0.5) is 0 Å². The van der Waals surface area contributed by atoms with Gasteiger partial charge in [-0.25, -0.2) is 9.67 Å². The number of phenols is 1. The van der Waals surface area contributed by atoms with Crippen molar-refractivity contribution in [1.82, 2.24) is 14.8 Å². The third-order valence-corrected chi connectivity index (χ3v) is 5.34. The second-order valence-electron chi connectivity index (χ2n) is 9.92. The molecule has 0 radical (unpaired) electrons. The van der Waals surface area contributed by atoms with Crippen LogP contribution in [-0.4, -0.2) is 32.4 Å². The normalized spacial score (nSPS) is 12.4. The Labute approximate surface area is 184 Å². The first-order valence-electron chi connectivity index (χ1n) is 10.8. The van der Waals surface area contributed by atoms with Crippen molar-refractivity contribution in [2.45, 2.75) is 72.3 Å². The summed E-state index contributed by atoms with van der Waals surface area (Å²) in [5.41, 5.74) is 3.75. The maximum Gasteiger partial charge on any atom is 0.307 e. The summed E-state index contributed by atoms with van der Waals surface area (Å²) in [7, 11) is 0. The van der Waals surface area contributed by atoms with Crippen LogP contribution in [-0.2, 0) is 26.9 Å². The molecular weight excluding hydrogens is 390 g/mol. The van der Waals surface area contributed by atoms with E-state index in [1.165, 1.54) is 0 Å². The summed E-state index contributed by atoms with van der Waals surface area (Å²) in [6, 6.07) is 7.93. The van der Waals surface area contributed by atoms with Gasteiger partial charge in [0, 0.05) is 28.3 Å². The van der Waals surface area contributed by atoms with E-state index in [1.54, 1.807) is 17.8 Å². The van der Waals surface area contributed by atoms with Crippen molar-refractivity contribution >= 4 is 17.0 Å². The minimum atomic E-state index is -0.252. The number of aromatic hydroxyl groups is 1. The van der Waals surface area contributed by atoms with Gasteiger partial charge in [0.25, 0.3) is 0 Å². The summed E-state index contributed by atoms with van der Waals surface area (Å²) >= 11 is 0. The van der Waals surface area contributed by atoms with Gasteiger partial charge in [0.05, 0.1) is 19.6 Å². The summed E-state index contributed by atoms with van der Waals surface area (Å²) in [6.07, 6.45) is 1.96. The van der Waals surface area contributed by atoms with Crippen LogP contribution in [0.2, 0.25) is 0 Å². The van der Waals surface area contributed by atoms with E-state index in [0.29, 0.717) is 18.9 Å². The number of benzene rings is 1. The van der Waals surface area contributed by atoms with Crippen molar-refractivity contribution in [3.63, 3.8) is 0 Å². The lowest BCUT2D eigenvalue weighted by atomic mass is 9.78. The molecule has 0 saturated carbocycles. The Balaban J connectivity index is 2.19. The van der Waals surface area contributed by atoms with Gasteiger partial charge in [-0.15, -0.1) is 0 Å². The van der Waals surface area contributed by atoms with Gasteiger partial charge in [-0.05, 0) is 42.0 Å². The molecule has 0 atom stereocenters. The smallest absolute Gasteiger partial charge is 0.307 e. The lowest BCUT2D eigenvalue weighted by molar-refractivity contribution is -0.143. The molecule has 0 fully saturated rings. The van der Waals surface area contributed by atoms with E-state index in [4.69, 9.17) is 9.84 Å². The molecule has 1 N–H and O–H groups in total. The first-order valence-corrected chi connectivity index (χ1v) is 10.8. The van der Waals surface area contributed by atoms with Crippen molar-refractivity contribution < 1.29 is 14.6 Å². The molecule has 0 bridgehead atoms. The highest BCUT2D eigenvalue weighted by atomic mass is 16.5.